The summed E-state index contributed by atoms with van der Waals surface area (Å²) >= 11 is 4.63. The van der Waals surface area contributed by atoms with Crippen LogP contribution in [0, 0.1) is 4.64 Å². The van der Waals surface area contributed by atoms with Crippen LogP contribution in [0.3, 0.4) is 0 Å². The van der Waals surface area contributed by atoms with Gasteiger partial charge in [-0.05, 0) is 6.07 Å². The molecule has 1 aliphatic heterocycles. The molecule has 0 aromatic carbocycles. The Kier molecular flexibility index (Phi) is 8.03. The summed E-state index contributed by atoms with van der Waals surface area (Å²) < 4.78 is 90.1. The highest BCUT2D eigenvalue weighted by Crippen LogP contribution is 2.66. The zero-order valence-corrected chi connectivity index (χ0v) is 18.9. The number of alkyl halides is 3. The van der Waals surface area contributed by atoms with Crippen molar-refractivity contribution in [3.63, 3.8) is 0 Å². The molecule has 0 radical (unpaired) electrons. The lowest BCUT2D eigenvalue weighted by Gasteiger charge is -2.33. The van der Waals surface area contributed by atoms with Gasteiger partial charge in [0.1, 0.15) is 16.8 Å². The third-order valence-electron chi connectivity index (χ3n) is 3.86. The van der Waals surface area contributed by atoms with Crippen molar-refractivity contribution in [2.75, 3.05) is 6.61 Å². The number of hydrogen-bond donors (Lipinski definition) is 7. The van der Waals surface area contributed by atoms with Crippen LogP contribution in [0.15, 0.2) is 17.1 Å². The van der Waals surface area contributed by atoms with Crippen molar-refractivity contribution in [2.45, 2.75) is 30.2 Å². The number of nitrogens with zero attached hydrogens (tertiary/aromatic N) is 1. The first-order chi connectivity index (χ1) is 14.7. The van der Waals surface area contributed by atoms with Crippen LogP contribution in [-0.2, 0) is 31.6 Å². The van der Waals surface area contributed by atoms with Crippen molar-refractivity contribution in [3.8, 4) is 0 Å². The molecular formula is C10H14F3N2O14P3S. The fourth-order valence-electron chi connectivity index (χ4n) is 2.57. The fraction of sp³-hybridized carbons (Fsp3) is 0.600. The Morgan fingerprint density at radius 1 is 1.18 bits per heavy atom. The van der Waals surface area contributed by atoms with E-state index < -0.39 is 66.0 Å². The quantitative estimate of drug-likeness (QED) is 0.159. The zero-order chi connectivity index (χ0) is 25.6. The lowest BCUT2D eigenvalue weighted by Crippen LogP contribution is -2.58. The van der Waals surface area contributed by atoms with Gasteiger partial charge in [-0.15, -0.1) is 0 Å². The third-order valence-corrected chi connectivity index (χ3v) is 7.90. The van der Waals surface area contributed by atoms with E-state index in [-0.39, 0.29) is 9.21 Å². The van der Waals surface area contributed by atoms with Crippen LogP contribution in [-0.4, -0.2) is 69.9 Å². The van der Waals surface area contributed by atoms with Gasteiger partial charge in [-0.3, -0.25) is 14.1 Å². The van der Waals surface area contributed by atoms with E-state index in [4.69, 9.17) is 19.4 Å². The summed E-state index contributed by atoms with van der Waals surface area (Å²) in [7, 11) is -17.4. The number of nitrogens with one attached hydrogen (secondary N) is 1. The topological polar surface area (TPSA) is 247 Å². The fourth-order valence-corrected chi connectivity index (χ4v) is 5.75. The van der Waals surface area contributed by atoms with Gasteiger partial charge in [-0.2, -0.15) is 21.8 Å². The SMILES string of the molecule is O=c1[nH]c(=S)ccn1[C@@H]1O[C@H](COP(=O)(O)OP(=O)(O)OP(=O)(O)O)C(O)[C@]1(O)C(F)(F)F. The van der Waals surface area contributed by atoms with E-state index >= 15 is 0 Å². The number of H-pyrrole nitrogens is 1. The van der Waals surface area contributed by atoms with Crippen LogP contribution >= 0.6 is 35.7 Å². The Morgan fingerprint density at radius 3 is 2.24 bits per heavy atom. The molecule has 7 N–H and O–H groups in total. The molecule has 1 aliphatic rings. The summed E-state index contributed by atoms with van der Waals surface area (Å²) in [4.78, 5) is 49.2. The average molecular weight is 568 g/mol. The van der Waals surface area contributed by atoms with E-state index in [9.17, 15) is 46.8 Å². The van der Waals surface area contributed by atoms with Gasteiger partial charge in [0.25, 0.3) is 0 Å². The van der Waals surface area contributed by atoms with Gasteiger partial charge in [0.2, 0.25) is 5.60 Å². The Morgan fingerprint density at radius 2 is 1.76 bits per heavy atom. The van der Waals surface area contributed by atoms with Gasteiger partial charge < -0.3 is 34.5 Å². The molecule has 3 unspecified atom stereocenters. The molecule has 0 amide bonds. The molecule has 2 rings (SSSR count). The maximum Gasteiger partial charge on any atom is 0.490 e. The summed E-state index contributed by atoms with van der Waals surface area (Å²) in [5, 5.41) is 20.2. The predicted molar refractivity (Wildman–Crippen MR) is 96.6 cm³/mol. The molecule has 0 aliphatic carbocycles. The maximum absolute atomic E-state index is 13.6. The molecule has 16 nitrogen and oxygen atoms in total. The predicted octanol–water partition coefficient (Wildman–Crippen LogP) is -0.199. The number of halogens is 3. The largest absolute Gasteiger partial charge is 0.490 e. The Labute approximate surface area is 184 Å². The molecule has 23 heteroatoms. The molecule has 6 atom stereocenters. The minimum atomic E-state index is -5.93. The Hall–Kier alpha value is -0.820. The van der Waals surface area contributed by atoms with Crippen LogP contribution in [0.5, 0.6) is 0 Å². The van der Waals surface area contributed by atoms with Crippen molar-refractivity contribution < 1.29 is 74.5 Å². The van der Waals surface area contributed by atoms with Crippen molar-refractivity contribution in [1.29, 1.82) is 0 Å². The van der Waals surface area contributed by atoms with Crippen molar-refractivity contribution >= 4 is 35.7 Å². The molecule has 190 valence electrons. The monoisotopic (exact) mass is 568 g/mol. The highest BCUT2D eigenvalue weighted by Gasteiger charge is 2.71. The summed E-state index contributed by atoms with van der Waals surface area (Å²) in [6.07, 6.45) is -12.9. The number of hydrogen-bond acceptors (Lipinski definition) is 11. The number of rotatable bonds is 8. The van der Waals surface area contributed by atoms with Gasteiger partial charge in [0.05, 0.1) is 6.61 Å². The van der Waals surface area contributed by atoms with Crippen molar-refractivity contribution in [3.05, 3.63) is 27.4 Å². The summed E-state index contributed by atoms with van der Waals surface area (Å²) in [5.74, 6) is 0. The number of aliphatic hydroxyl groups is 2. The highest BCUT2D eigenvalue weighted by atomic mass is 32.1. The van der Waals surface area contributed by atoms with Crippen LogP contribution < -0.4 is 5.69 Å². The van der Waals surface area contributed by atoms with E-state index in [1.54, 1.807) is 0 Å². The molecule has 0 spiro atoms. The molecule has 2 heterocycles. The molecule has 1 saturated heterocycles. The van der Waals surface area contributed by atoms with Crippen LogP contribution in [0.2, 0.25) is 0 Å². The molecule has 1 aromatic heterocycles. The summed E-state index contributed by atoms with van der Waals surface area (Å²) in [5.41, 5.74) is -5.46. The first-order valence-corrected chi connectivity index (χ1v) is 12.8. The van der Waals surface area contributed by atoms with E-state index in [1.807, 2.05) is 4.98 Å². The van der Waals surface area contributed by atoms with E-state index in [2.05, 4.69) is 25.4 Å². The van der Waals surface area contributed by atoms with Crippen LogP contribution in [0.1, 0.15) is 6.23 Å². The average Bonchev–Trinajstić information content (AvgIpc) is 2.82. The van der Waals surface area contributed by atoms with Gasteiger partial charge in [0.15, 0.2) is 6.23 Å². The first-order valence-electron chi connectivity index (χ1n) is 7.91. The maximum atomic E-state index is 13.6. The number of ether oxygens (including phenoxy) is 1. The molecule has 1 fully saturated rings. The number of phosphoric acid groups is 3. The Balaban J connectivity index is 2.29. The van der Waals surface area contributed by atoms with Crippen LogP contribution in [0.4, 0.5) is 13.2 Å². The molecule has 0 bridgehead atoms. The second-order valence-corrected chi connectivity index (χ2v) is 11.1. The van der Waals surface area contributed by atoms with E-state index in [0.717, 1.165) is 6.07 Å². The highest BCUT2D eigenvalue weighted by molar-refractivity contribution is 7.71. The van der Waals surface area contributed by atoms with Gasteiger partial charge >= 0.3 is 35.3 Å². The minimum Gasteiger partial charge on any atom is -0.387 e. The summed E-state index contributed by atoms with van der Waals surface area (Å²) in [6.45, 7) is -1.53. The number of aromatic nitrogens is 2. The molecule has 33 heavy (non-hydrogen) atoms. The Bertz CT molecular complexity index is 1150. The van der Waals surface area contributed by atoms with E-state index in [1.165, 1.54) is 0 Å². The standard InChI is InChI=1S/C10H14F3N2O14P3S/c11-10(12,13)9(18)6(16)4(27-7(9)15-2-1-5(33)14-8(15)17)3-26-31(22,23)29-32(24,25)28-30(19,20)21/h1-2,4,6-7,16,18H,3H2,(H,22,23)(H,24,25)(H,14,17,33)(H2,19,20,21)/t4-,6?,7-,9-/m1/s1. The normalized spacial score (nSPS) is 30.0. The smallest absolute Gasteiger partial charge is 0.387 e. The second-order valence-electron chi connectivity index (χ2n) is 6.20. The molecular weight excluding hydrogens is 554 g/mol. The van der Waals surface area contributed by atoms with Gasteiger partial charge in [0, 0.05) is 6.20 Å². The number of aliphatic hydroxyl groups excluding tert-OH is 1. The van der Waals surface area contributed by atoms with Gasteiger partial charge in [-0.1, -0.05) is 12.2 Å². The van der Waals surface area contributed by atoms with Crippen molar-refractivity contribution in [2.24, 2.45) is 0 Å². The number of aromatic amines is 1. The number of phosphoric ester groups is 1. The summed E-state index contributed by atoms with van der Waals surface area (Å²) in [6, 6.07) is 0.947. The lowest BCUT2D eigenvalue weighted by molar-refractivity contribution is -0.304. The zero-order valence-electron chi connectivity index (χ0n) is 15.4. The molecule has 0 saturated carbocycles. The van der Waals surface area contributed by atoms with E-state index in [0.29, 0.717) is 6.20 Å². The lowest BCUT2D eigenvalue weighted by atomic mass is 9.93. The van der Waals surface area contributed by atoms with Crippen molar-refractivity contribution in [1.82, 2.24) is 9.55 Å². The first kappa shape index (κ1) is 28.4. The minimum absolute atomic E-state index is 0.178. The second kappa shape index (κ2) is 9.33. The molecule has 1 aromatic rings. The third kappa shape index (κ3) is 6.65. The van der Waals surface area contributed by atoms with Crippen LogP contribution in [0.25, 0.3) is 0 Å². The van der Waals surface area contributed by atoms with Gasteiger partial charge in [-0.25, -0.2) is 18.5 Å².